The molecule has 0 aliphatic rings. The number of nitro benzene ring substituents is 1. The molecule has 0 aliphatic carbocycles. The molecular formula is C15H15BrN2O3. The summed E-state index contributed by atoms with van der Waals surface area (Å²) < 4.78 is 5.87. The maximum absolute atomic E-state index is 10.8. The molecule has 1 N–H and O–H groups in total. The average molecular weight is 351 g/mol. The molecule has 110 valence electrons. The number of benzene rings is 2. The van der Waals surface area contributed by atoms with Crippen LogP contribution < -0.4 is 10.1 Å². The van der Waals surface area contributed by atoms with E-state index in [0.29, 0.717) is 17.6 Å². The van der Waals surface area contributed by atoms with Crippen molar-refractivity contribution in [2.45, 2.75) is 13.1 Å². The van der Waals surface area contributed by atoms with Crippen LogP contribution in [0.3, 0.4) is 0 Å². The van der Waals surface area contributed by atoms with Gasteiger partial charge >= 0.3 is 0 Å². The molecule has 2 aromatic rings. The summed E-state index contributed by atoms with van der Waals surface area (Å²) in [5.74, 6) is 0.812. The topological polar surface area (TPSA) is 64.4 Å². The molecule has 0 aromatic heterocycles. The van der Waals surface area contributed by atoms with Crippen LogP contribution in [-0.4, -0.2) is 12.0 Å². The summed E-state index contributed by atoms with van der Waals surface area (Å²) in [4.78, 5) is 10.4. The molecule has 0 spiro atoms. The molecule has 0 saturated carbocycles. The molecule has 6 heteroatoms. The molecule has 0 unspecified atom stereocenters. The lowest BCUT2D eigenvalue weighted by Crippen LogP contribution is -2.12. The van der Waals surface area contributed by atoms with Gasteiger partial charge in [-0.3, -0.25) is 10.1 Å². The molecule has 0 fully saturated rings. The number of nitro groups is 1. The Morgan fingerprint density at radius 1 is 1.19 bits per heavy atom. The third-order valence-corrected chi connectivity index (χ3v) is 3.40. The van der Waals surface area contributed by atoms with Gasteiger partial charge in [-0.2, -0.15) is 0 Å². The summed E-state index contributed by atoms with van der Waals surface area (Å²) in [7, 11) is 1.63. The molecule has 0 radical (unpaired) electrons. The Kier molecular flexibility index (Phi) is 5.30. The fourth-order valence-electron chi connectivity index (χ4n) is 1.97. The fourth-order valence-corrected chi connectivity index (χ4v) is 2.50. The number of hydrogen-bond acceptors (Lipinski definition) is 4. The molecule has 0 aliphatic heterocycles. The van der Waals surface area contributed by atoms with Crippen LogP contribution in [0.25, 0.3) is 0 Å². The second kappa shape index (κ2) is 7.19. The first-order chi connectivity index (χ1) is 10.1. The maximum atomic E-state index is 10.8. The normalized spacial score (nSPS) is 10.4. The van der Waals surface area contributed by atoms with Crippen LogP contribution in [0.4, 0.5) is 5.69 Å². The van der Waals surface area contributed by atoms with E-state index in [1.807, 2.05) is 30.3 Å². The van der Waals surface area contributed by atoms with Gasteiger partial charge in [0.25, 0.3) is 5.69 Å². The SMILES string of the molecule is COc1cccc(CNCc2cc(Br)cc([N+](=O)[O-])c2)c1. The van der Waals surface area contributed by atoms with Crippen LogP contribution in [0.2, 0.25) is 0 Å². The van der Waals surface area contributed by atoms with E-state index in [0.717, 1.165) is 16.9 Å². The Bertz CT molecular complexity index is 647. The van der Waals surface area contributed by atoms with Gasteiger partial charge in [0.1, 0.15) is 5.75 Å². The number of halogens is 1. The van der Waals surface area contributed by atoms with E-state index < -0.39 is 4.92 Å². The number of non-ortho nitro benzene ring substituents is 1. The van der Waals surface area contributed by atoms with Crippen LogP contribution >= 0.6 is 15.9 Å². The lowest BCUT2D eigenvalue weighted by Gasteiger charge is -2.07. The molecule has 2 rings (SSSR count). The van der Waals surface area contributed by atoms with Gasteiger partial charge in [0, 0.05) is 29.7 Å². The summed E-state index contributed by atoms with van der Waals surface area (Å²) in [6.45, 7) is 1.22. The van der Waals surface area contributed by atoms with E-state index in [1.165, 1.54) is 6.07 Å². The van der Waals surface area contributed by atoms with Gasteiger partial charge < -0.3 is 10.1 Å². The van der Waals surface area contributed by atoms with Crippen LogP contribution in [0, 0.1) is 10.1 Å². The highest BCUT2D eigenvalue weighted by Crippen LogP contribution is 2.21. The van der Waals surface area contributed by atoms with Gasteiger partial charge in [0.2, 0.25) is 0 Å². The van der Waals surface area contributed by atoms with Gasteiger partial charge in [-0.1, -0.05) is 28.1 Å². The van der Waals surface area contributed by atoms with Crippen LogP contribution in [-0.2, 0) is 13.1 Å². The Morgan fingerprint density at radius 3 is 2.67 bits per heavy atom. The predicted molar refractivity (Wildman–Crippen MR) is 84.3 cm³/mol. The zero-order valence-electron chi connectivity index (χ0n) is 11.5. The van der Waals surface area contributed by atoms with Gasteiger partial charge in [-0.15, -0.1) is 0 Å². The van der Waals surface area contributed by atoms with Crippen molar-refractivity contribution in [2.24, 2.45) is 0 Å². The van der Waals surface area contributed by atoms with Gasteiger partial charge in [0.05, 0.1) is 12.0 Å². The average Bonchev–Trinajstić information content (AvgIpc) is 2.47. The Morgan fingerprint density at radius 2 is 1.95 bits per heavy atom. The zero-order chi connectivity index (χ0) is 15.2. The van der Waals surface area contributed by atoms with Gasteiger partial charge in [0.15, 0.2) is 0 Å². The third-order valence-electron chi connectivity index (χ3n) is 2.95. The number of rotatable bonds is 6. The lowest BCUT2D eigenvalue weighted by molar-refractivity contribution is -0.385. The highest BCUT2D eigenvalue weighted by atomic mass is 79.9. The van der Waals surface area contributed by atoms with Crippen molar-refractivity contribution in [3.05, 3.63) is 68.2 Å². The minimum Gasteiger partial charge on any atom is -0.497 e. The second-order valence-electron chi connectivity index (χ2n) is 4.53. The molecule has 21 heavy (non-hydrogen) atoms. The number of hydrogen-bond donors (Lipinski definition) is 1. The first kappa shape index (κ1) is 15.5. The lowest BCUT2D eigenvalue weighted by atomic mass is 10.2. The molecule has 5 nitrogen and oxygen atoms in total. The summed E-state index contributed by atoms with van der Waals surface area (Å²) in [5, 5.41) is 14.1. The van der Waals surface area contributed by atoms with Crippen LogP contribution in [0.1, 0.15) is 11.1 Å². The molecule has 0 heterocycles. The quantitative estimate of drug-likeness (QED) is 0.637. The largest absolute Gasteiger partial charge is 0.497 e. The summed E-state index contributed by atoms with van der Waals surface area (Å²) in [5.41, 5.74) is 2.04. The molecule has 0 saturated heterocycles. The number of ether oxygens (including phenoxy) is 1. The molecular weight excluding hydrogens is 336 g/mol. The molecule has 0 bridgehead atoms. The van der Waals surface area contributed by atoms with Crippen molar-refractivity contribution in [3.8, 4) is 5.75 Å². The Labute approximate surface area is 131 Å². The highest BCUT2D eigenvalue weighted by Gasteiger charge is 2.08. The minimum absolute atomic E-state index is 0.0857. The predicted octanol–water partition coefficient (Wildman–Crippen LogP) is 3.66. The van der Waals surface area contributed by atoms with E-state index in [4.69, 9.17) is 4.74 Å². The number of nitrogens with one attached hydrogen (secondary N) is 1. The molecule has 0 amide bonds. The van der Waals surface area contributed by atoms with Crippen LogP contribution in [0.5, 0.6) is 5.75 Å². The van der Waals surface area contributed by atoms with Crippen molar-refractivity contribution in [1.82, 2.24) is 5.32 Å². The summed E-state index contributed by atoms with van der Waals surface area (Å²) >= 11 is 3.29. The summed E-state index contributed by atoms with van der Waals surface area (Å²) in [6, 6.07) is 12.7. The van der Waals surface area contributed by atoms with Crippen molar-refractivity contribution in [1.29, 1.82) is 0 Å². The van der Waals surface area contributed by atoms with E-state index in [-0.39, 0.29) is 5.69 Å². The van der Waals surface area contributed by atoms with E-state index >= 15 is 0 Å². The molecule has 2 aromatic carbocycles. The monoisotopic (exact) mass is 350 g/mol. The minimum atomic E-state index is -0.393. The van der Waals surface area contributed by atoms with Gasteiger partial charge in [-0.05, 0) is 29.3 Å². The number of nitrogens with zero attached hydrogens (tertiary/aromatic N) is 1. The smallest absolute Gasteiger partial charge is 0.270 e. The van der Waals surface area contributed by atoms with Crippen molar-refractivity contribution >= 4 is 21.6 Å². The first-order valence-electron chi connectivity index (χ1n) is 6.36. The van der Waals surface area contributed by atoms with E-state index in [2.05, 4.69) is 21.2 Å². The highest BCUT2D eigenvalue weighted by molar-refractivity contribution is 9.10. The summed E-state index contributed by atoms with van der Waals surface area (Å²) in [6.07, 6.45) is 0. The standard InChI is InChI=1S/C15H15BrN2O3/c1-21-15-4-2-3-11(7-15)9-17-10-12-5-13(16)8-14(6-12)18(19)20/h2-8,17H,9-10H2,1H3. The van der Waals surface area contributed by atoms with Crippen molar-refractivity contribution in [3.63, 3.8) is 0 Å². The zero-order valence-corrected chi connectivity index (χ0v) is 13.1. The first-order valence-corrected chi connectivity index (χ1v) is 7.15. The van der Waals surface area contributed by atoms with Gasteiger partial charge in [-0.25, -0.2) is 0 Å². The Hall–Kier alpha value is -1.92. The van der Waals surface area contributed by atoms with E-state index in [9.17, 15) is 10.1 Å². The maximum Gasteiger partial charge on any atom is 0.270 e. The van der Waals surface area contributed by atoms with Crippen LogP contribution in [0.15, 0.2) is 46.9 Å². The number of methoxy groups -OCH3 is 1. The Balaban J connectivity index is 1.98. The second-order valence-corrected chi connectivity index (χ2v) is 5.45. The van der Waals surface area contributed by atoms with Crippen molar-refractivity contribution in [2.75, 3.05) is 7.11 Å². The van der Waals surface area contributed by atoms with E-state index in [1.54, 1.807) is 13.2 Å². The van der Waals surface area contributed by atoms with Crippen molar-refractivity contribution < 1.29 is 9.66 Å². The molecule has 0 atom stereocenters. The third kappa shape index (κ3) is 4.54. The fraction of sp³-hybridized carbons (Fsp3) is 0.200.